The van der Waals surface area contributed by atoms with Crippen LogP contribution >= 0.6 is 11.6 Å². The van der Waals surface area contributed by atoms with Crippen LogP contribution in [0, 0.1) is 10.1 Å². The number of benzene rings is 2. The second-order valence-electron chi connectivity index (χ2n) is 6.92. The molecule has 0 aromatic heterocycles. The van der Waals surface area contributed by atoms with E-state index in [9.17, 15) is 14.9 Å². The molecule has 142 valence electrons. The number of nitrogens with one attached hydrogen (secondary N) is 1. The topological polar surface area (TPSA) is 90.7 Å². The number of nitro benzene ring substituents is 1. The van der Waals surface area contributed by atoms with Gasteiger partial charge >= 0.3 is 0 Å². The van der Waals surface area contributed by atoms with Crippen LogP contribution in [0.15, 0.2) is 36.4 Å². The van der Waals surface area contributed by atoms with Gasteiger partial charge in [0.2, 0.25) is 0 Å². The van der Waals surface area contributed by atoms with Gasteiger partial charge in [0, 0.05) is 30.2 Å². The number of rotatable bonds is 4. The van der Waals surface area contributed by atoms with Crippen molar-refractivity contribution >= 4 is 23.2 Å². The number of amides is 1. The molecule has 0 saturated carbocycles. The molecule has 1 N–H and O–H groups in total. The van der Waals surface area contributed by atoms with Gasteiger partial charge in [0.1, 0.15) is 17.1 Å². The third-order valence-electron chi connectivity index (χ3n) is 4.39. The number of carbonyl (C=O) groups is 1. The minimum atomic E-state index is -0.557. The van der Waals surface area contributed by atoms with Gasteiger partial charge in [-0.25, -0.2) is 0 Å². The Labute approximate surface area is 161 Å². The Balaban J connectivity index is 1.89. The van der Waals surface area contributed by atoms with Crippen molar-refractivity contribution in [2.45, 2.75) is 31.9 Å². The number of methoxy groups -OCH3 is 1. The van der Waals surface area contributed by atoms with Crippen molar-refractivity contribution in [3.63, 3.8) is 0 Å². The summed E-state index contributed by atoms with van der Waals surface area (Å²) in [5.41, 5.74) is 0.362. The highest BCUT2D eigenvalue weighted by Gasteiger charge is 2.35. The number of nitro groups is 1. The molecule has 2 aromatic carbocycles. The molecule has 8 heteroatoms. The summed E-state index contributed by atoms with van der Waals surface area (Å²) in [4.78, 5) is 23.0. The summed E-state index contributed by atoms with van der Waals surface area (Å²) in [6.07, 6.45) is 0.558. The van der Waals surface area contributed by atoms with Crippen LogP contribution in [0.3, 0.4) is 0 Å². The third kappa shape index (κ3) is 3.98. The molecule has 1 aliphatic rings. The Hall–Kier alpha value is -2.80. The van der Waals surface area contributed by atoms with Gasteiger partial charge in [-0.05, 0) is 32.0 Å². The molecule has 0 saturated heterocycles. The fraction of sp³-hybridized carbons (Fsp3) is 0.316. The summed E-state index contributed by atoms with van der Waals surface area (Å²) in [7, 11) is 1.57. The molecule has 1 atom stereocenters. The summed E-state index contributed by atoms with van der Waals surface area (Å²) < 4.78 is 11.3. The average Bonchev–Trinajstić information content (AvgIpc) is 2.59. The lowest BCUT2D eigenvalue weighted by Gasteiger charge is -2.38. The second-order valence-corrected chi connectivity index (χ2v) is 7.32. The predicted molar refractivity (Wildman–Crippen MR) is 101 cm³/mol. The average molecular weight is 391 g/mol. The Morgan fingerprint density at radius 3 is 2.70 bits per heavy atom. The van der Waals surface area contributed by atoms with Gasteiger partial charge < -0.3 is 14.8 Å². The summed E-state index contributed by atoms with van der Waals surface area (Å²) in [5.74, 6) is 0.903. The summed E-state index contributed by atoms with van der Waals surface area (Å²) in [6, 6.07) is 8.93. The molecule has 1 heterocycles. The number of hydrogen-bond acceptors (Lipinski definition) is 5. The van der Waals surface area contributed by atoms with E-state index in [4.69, 9.17) is 21.1 Å². The molecule has 27 heavy (non-hydrogen) atoms. The van der Waals surface area contributed by atoms with Gasteiger partial charge in [-0.3, -0.25) is 14.9 Å². The van der Waals surface area contributed by atoms with Crippen LogP contribution in [0.2, 0.25) is 5.02 Å². The fourth-order valence-corrected chi connectivity index (χ4v) is 3.39. The van der Waals surface area contributed by atoms with Crippen molar-refractivity contribution in [1.29, 1.82) is 0 Å². The van der Waals surface area contributed by atoms with Crippen LogP contribution in [0.1, 0.15) is 42.2 Å². The molecule has 0 aliphatic carbocycles. The Kier molecular flexibility index (Phi) is 4.97. The van der Waals surface area contributed by atoms with Crippen LogP contribution < -0.4 is 14.8 Å². The number of halogens is 1. The van der Waals surface area contributed by atoms with Gasteiger partial charge in [-0.15, -0.1) is 0 Å². The minimum absolute atomic E-state index is 0.0305. The number of non-ortho nitro benzene ring substituents is 1. The lowest BCUT2D eigenvalue weighted by Crippen LogP contribution is -2.41. The zero-order valence-electron chi connectivity index (χ0n) is 15.1. The molecule has 0 radical (unpaired) electrons. The van der Waals surface area contributed by atoms with Crippen molar-refractivity contribution in [2.24, 2.45) is 0 Å². The Morgan fingerprint density at radius 2 is 2.07 bits per heavy atom. The zero-order chi connectivity index (χ0) is 19.8. The molecule has 0 spiro atoms. The van der Waals surface area contributed by atoms with E-state index in [-0.39, 0.29) is 22.3 Å². The normalized spacial score (nSPS) is 17.4. The predicted octanol–water partition coefficient (Wildman–Crippen LogP) is 4.29. The van der Waals surface area contributed by atoms with Crippen molar-refractivity contribution in [3.05, 3.63) is 62.7 Å². The van der Waals surface area contributed by atoms with Gasteiger partial charge in [-0.2, -0.15) is 0 Å². The number of nitrogens with zero attached hydrogens (tertiary/aromatic N) is 1. The molecule has 1 aliphatic heterocycles. The monoisotopic (exact) mass is 390 g/mol. The molecular formula is C19H19ClN2O5. The number of carbonyl (C=O) groups excluding carboxylic acids is 1. The van der Waals surface area contributed by atoms with Gasteiger partial charge in [-0.1, -0.05) is 11.6 Å². The third-order valence-corrected chi connectivity index (χ3v) is 4.70. The minimum Gasteiger partial charge on any atom is -0.497 e. The van der Waals surface area contributed by atoms with E-state index in [1.807, 2.05) is 19.9 Å². The van der Waals surface area contributed by atoms with Gasteiger partial charge in [0.25, 0.3) is 11.6 Å². The molecule has 7 nitrogen and oxygen atoms in total. The first-order valence-electron chi connectivity index (χ1n) is 8.32. The van der Waals surface area contributed by atoms with Gasteiger partial charge in [0.15, 0.2) is 0 Å². The lowest BCUT2D eigenvalue weighted by atomic mass is 9.89. The highest BCUT2D eigenvalue weighted by molar-refractivity contribution is 6.34. The van der Waals surface area contributed by atoms with Crippen LogP contribution in [-0.2, 0) is 0 Å². The first kappa shape index (κ1) is 19.0. The van der Waals surface area contributed by atoms with Crippen LogP contribution in [-0.4, -0.2) is 23.5 Å². The second kappa shape index (κ2) is 7.08. The number of ether oxygens (including phenoxy) is 2. The highest BCUT2D eigenvalue weighted by Crippen LogP contribution is 2.41. The maximum absolute atomic E-state index is 12.7. The molecule has 3 rings (SSSR count). The molecule has 0 bridgehead atoms. The maximum atomic E-state index is 12.7. The van der Waals surface area contributed by atoms with Crippen molar-refractivity contribution in [2.75, 3.05) is 7.11 Å². The first-order valence-corrected chi connectivity index (χ1v) is 8.70. The maximum Gasteiger partial charge on any atom is 0.270 e. The van der Waals surface area contributed by atoms with E-state index in [2.05, 4.69) is 5.32 Å². The van der Waals surface area contributed by atoms with E-state index < -0.39 is 16.4 Å². The summed E-state index contributed by atoms with van der Waals surface area (Å²) in [6.45, 7) is 3.88. The summed E-state index contributed by atoms with van der Waals surface area (Å²) in [5, 5.41) is 13.8. The van der Waals surface area contributed by atoms with E-state index >= 15 is 0 Å². The van der Waals surface area contributed by atoms with Crippen LogP contribution in [0.25, 0.3) is 0 Å². The lowest BCUT2D eigenvalue weighted by molar-refractivity contribution is -0.384. The van der Waals surface area contributed by atoms with Crippen molar-refractivity contribution in [3.8, 4) is 11.5 Å². The van der Waals surface area contributed by atoms with Crippen molar-refractivity contribution in [1.82, 2.24) is 5.32 Å². The Morgan fingerprint density at radius 1 is 1.33 bits per heavy atom. The van der Waals surface area contributed by atoms with E-state index in [1.165, 1.54) is 18.2 Å². The van der Waals surface area contributed by atoms with Crippen LogP contribution in [0.4, 0.5) is 5.69 Å². The smallest absolute Gasteiger partial charge is 0.270 e. The fourth-order valence-electron chi connectivity index (χ4n) is 3.13. The number of hydrogen-bond donors (Lipinski definition) is 1. The van der Waals surface area contributed by atoms with E-state index in [1.54, 1.807) is 19.2 Å². The largest absolute Gasteiger partial charge is 0.497 e. The highest BCUT2D eigenvalue weighted by atomic mass is 35.5. The molecular weight excluding hydrogens is 372 g/mol. The van der Waals surface area contributed by atoms with E-state index in [0.29, 0.717) is 17.9 Å². The first-order chi connectivity index (χ1) is 12.7. The number of fused-ring (bicyclic) bond motifs is 1. The molecule has 0 fully saturated rings. The molecule has 1 amide bonds. The standard InChI is InChI=1S/C19H19ClN2O5/c1-19(2)10-16(14-7-5-12(26-3)9-17(14)27-19)21-18(23)13-6-4-11(22(24)25)8-15(13)20/h4-9,16H,10H2,1-3H3,(H,21,23)/t16-/m1/s1. The van der Waals surface area contributed by atoms with E-state index in [0.717, 1.165) is 5.56 Å². The summed E-state index contributed by atoms with van der Waals surface area (Å²) >= 11 is 6.08. The molecule has 0 unspecified atom stereocenters. The van der Waals surface area contributed by atoms with Crippen molar-refractivity contribution < 1.29 is 19.2 Å². The van der Waals surface area contributed by atoms with Gasteiger partial charge in [0.05, 0.1) is 28.7 Å². The SMILES string of the molecule is COc1ccc2c(c1)OC(C)(C)C[C@H]2NC(=O)c1ccc([N+](=O)[O-])cc1Cl. The quantitative estimate of drug-likeness (QED) is 0.621. The zero-order valence-corrected chi connectivity index (χ0v) is 15.9. The van der Waals surface area contributed by atoms with Crippen LogP contribution in [0.5, 0.6) is 11.5 Å². The molecule has 2 aromatic rings. The Bertz CT molecular complexity index is 913.